The minimum Gasteiger partial charge on any atom is -0.465 e. The summed E-state index contributed by atoms with van der Waals surface area (Å²) >= 11 is 0. The van der Waals surface area contributed by atoms with Gasteiger partial charge in [0.05, 0.1) is 24.0 Å². The van der Waals surface area contributed by atoms with Crippen LogP contribution in [0, 0.1) is 35.0 Å². The van der Waals surface area contributed by atoms with Crippen LogP contribution in [0.4, 0.5) is 0 Å². The highest BCUT2D eigenvalue weighted by molar-refractivity contribution is 7.87. The van der Waals surface area contributed by atoms with E-state index >= 15 is 0 Å². The molecule has 4 aliphatic rings. The Morgan fingerprint density at radius 3 is 2.33 bits per heavy atom. The summed E-state index contributed by atoms with van der Waals surface area (Å²) < 4.78 is 42.6. The zero-order valence-electron chi connectivity index (χ0n) is 18.6. The maximum Gasteiger partial charge on any atom is 0.311 e. The van der Waals surface area contributed by atoms with Crippen molar-refractivity contribution in [1.29, 1.82) is 0 Å². The monoisotopic (exact) mass is 442 g/mol. The maximum absolute atomic E-state index is 13.4. The van der Waals surface area contributed by atoms with E-state index in [0.717, 1.165) is 25.7 Å². The molecule has 1 aliphatic heterocycles. The Balaban J connectivity index is 1.56. The van der Waals surface area contributed by atoms with Crippen LogP contribution >= 0.6 is 0 Å². The third kappa shape index (κ3) is 3.38. The topological polar surface area (TPSA) is 96.0 Å². The van der Waals surface area contributed by atoms with Gasteiger partial charge in [-0.3, -0.25) is 13.8 Å². The molecule has 3 aliphatic carbocycles. The van der Waals surface area contributed by atoms with Crippen LogP contribution in [0.25, 0.3) is 0 Å². The summed E-state index contributed by atoms with van der Waals surface area (Å²) in [5.41, 5.74) is -1.15. The minimum absolute atomic E-state index is 0.0727. The number of hydrogen-bond donors (Lipinski definition) is 0. The molecule has 0 spiro atoms. The first-order valence-electron chi connectivity index (χ1n) is 11.2. The fraction of sp³-hybridized carbons (Fsp3) is 0.909. The van der Waals surface area contributed by atoms with Gasteiger partial charge in [-0.2, -0.15) is 8.42 Å². The van der Waals surface area contributed by atoms with Crippen molar-refractivity contribution in [3.8, 4) is 0 Å². The smallest absolute Gasteiger partial charge is 0.311 e. The lowest BCUT2D eigenvalue weighted by molar-refractivity contribution is -0.173. The molecule has 0 amide bonds. The van der Waals surface area contributed by atoms with E-state index in [1.54, 1.807) is 20.8 Å². The Kier molecular flexibility index (Phi) is 5.29. The van der Waals surface area contributed by atoms with Crippen molar-refractivity contribution in [3.63, 3.8) is 0 Å². The molecule has 6 atom stereocenters. The predicted octanol–water partition coefficient (Wildman–Crippen LogP) is 3.07. The molecule has 6 unspecified atom stereocenters. The first kappa shape index (κ1) is 22.1. The van der Waals surface area contributed by atoms with E-state index in [4.69, 9.17) is 13.7 Å². The van der Waals surface area contributed by atoms with Crippen LogP contribution in [-0.2, 0) is 33.4 Å². The fourth-order valence-corrected chi connectivity index (χ4v) is 8.23. The number of fused-ring (bicyclic) bond motifs is 1. The molecule has 0 N–H and O–H groups in total. The second kappa shape index (κ2) is 7.19. The molecule has 0 aromatic heterocycles. The summed E-state index contributed by atoms with van der Waals surface area (Å²) in [5, 5.41) is -0.833. The Hall–Kier alpha value is -1.15. The Labute approximate surface area is 179 Å². The third-order valence-electron chi connectivity index (χ3n) is 7.85. The number of carbonyl (C=O) groups is 2. The maximum atomic E-state index is 13.4. The second-order valence-electron chi connectivity index (χ2n) is 11.0. The molecular formula is C22H34O7S. The van der Waals surface area contributed by atoms with Crippen LogP contribution < -0.4 is 0 Å². The number of ether oxygens (including phenoxy) is 2. The summed E-state index contributed by atoms with van der Waals surface area (Å²) in [7, 11) is -3.84. The van der Waals surface area contributed by atoms with Crippen molar-refractivity contribution >= 4 is 22.1 Å². The highest BCUT2D eigenvalue weighted by atomic mass is 32.2. The van der Waals surface area contributed by atoms with Gasteiger partial charge in [-0.15, -0.1) is 0 Å². The lowest BCUT2D eigenvalue weighted by atomic mass is 9.78. The van der Waals surface area contributed by atoms with Crippen molar-refractivity contribution in [3.05, 3.63) is 0 Å². The molecule has 1 heterocycles. The largest absolute Gasteiger partial charge is 0.465 e. The van der Waals surface area contributed by atoms with Crippen molar-refractivity contribution in [2.45, 2.75) is 83.7 Å². The molecule has 8 heteroatoms. The van der Waals surface area contributed by atoms with Crippen molar-refractivity contribution in [1.82, 2.24) is 0 Å². The van der Waals surface area contributed by atoms with Crippen LogP contribution in [0.2, 0.25) is 0 Å². The van der Waals surface area contributed by atoms with Gasteiger partial charge < -0.3 is 9.47 Å². The number of hydrogen-bond acceptors (Lipinski definition) is 7. The van der Waals surface area contributed by atoms with Crippen LogP contribution in [0.3, 0.4) is 0 Å². The van der Waals surface area contributed by atoms with Crippen LogP contribution in [0.15, 0.2) is 0 Å². The number of carbonyl (C=O) groups excluding carboxylic acids is 2. The van der Waals surface area contributed by atoms with Gasteiger partial charge >= 0.3 is 11.9 Å². The van der Waals surface area contributed by atoms with Gasteiger partial charge in [0.1, 0.15) is 10.9 Å². The summed E-state index contributed by atoms with van der Waals surface area (Å²) in [6.07, 6.45) is 3.76. The highest BCUT2D eigenvalue weighted by Gasteiger charge is 2.71. The average Bonchev–Trinajstić information content (AvgIpc) is 3.35. The van der Waals surface area contributed by atoms with Crippen molar-refractivity contribution in [2.24, 2.45) is 35.0 Å². The molecule has 4 fully saturated rings. The molecule has 0 aromatic carbocycles. The van der Waals surface area contributed by atoms with Crippen molar-refractivity contribution in [2.75, 3.05) is 6.61 Å². The summed E-state index contributed by atoms with van der Waals surface area (Å²) in [6.45, 7) is 9.50. The van der Waals surface area contributed by atoms with Crippen molar-refractivity contribution < 1.29 is 31.7 Å². The first-order chi connectivity index (χ1) is 13.9. The standard InChI is InChI=1S/C22H34O7S/c1-12(2)22(8-6-7-9-22)28-19(23)16-13-10-14-17(29-30(25,26)18(14)16)15(13)11-27-20(24)21(3,4)5/h12-18H,6-11H2,1-5H3. The van der Waals surface area contributed by atoms with Crippen LogP contribution in [0.1, 0.15) is 66.7 Å². The van der Waals surface area contributed by atoms with E-state index in [2.05, 4.69) is 13.8 Å². The molecule has 4 rings (SSSR count). The van der Waals surface area contributed by atoms with Gasteiger partial charge in [0.25, 0.3) is 10.1 Å². The molecule has 1 saturated heterocycles. The lowest BCUT2D eigenvalue weighted by Gasteiger charge is -2.37. The van der Waals surface area contributed by atoms with Gasteiger partial charge in [0.15, 0.2) is 0 Å². The van der Waals surface area contributed by atoms with Crippen LogP contribution in [0.5, 0.6) is 0 Å². The highest BCUT2D eigenvalue weighted by Crippen LogP contribution is 2.61. The molecule has 0 radical (unpaired) electrons. The lowest BCUT2D eigenvalue weighted by Crippen LogP contribution is -2.47. The summed E-state index contributed by atoms with van der Waals surface area (Å²) in [4.78, 5) is 25.6. The Morgan fingerprint density at radius 2 is 1.77 bits per heavy atom. The Bertz CT molecular complexity index is 819. The van der Waals surface area contributed by atoms with Gasteiger partial charge in [-0.25, -0.2) is 0 Å². The first-order valence-corrected chi connectivity index (χ1v) is 12.7. The average molecular weight is 443 g/mol. The molecule has 30 heavy (non-hydrogen) atoms. The summed E-state index contributed by atoms with van der Waals surface area (Å²) in [6, 6.07) is 0. The predicted molar refractivity (Wildman–Crippen MR) is 109 cm³/mol. The molecule has 2 bridgehead atoms. The molecular weight excluding hydrogens is 408 g/mol. The number of rotatable bonds is 5. The van der Waals surface area contributed by atoms with E-state index in [1.165, 1.54) is 0 Å². The van der Waals surface area contributed by atoms with E-state index in [0.29, 0.717) is 6.42 Å². The van der Waals surface area contributed by atoms with E-state index in [1.807, 2.05) is 0 Å². The zero-order chi connectivity index (χ0) is 22.1. The zero-order valence-corrected chi connectivity index (χ0v) is 19.4. The molecule has 0 aromatic rings. The normalized spacial score (nSPS) is 38.2. The van der Waals surface area contributed by atoms with Crippen LogP contribution in [-0.4, -0.2) is 43.9 Å². The van der Waals surface area contributed by atoms with E-state index in [9.17, 15) is 18.0 Å². The quantitative estimate of drug-likeness (QED) is 0.477. The van der Waals surface area contributed by atoms with E-state index < -0.39 is 44.4 Å². The second-order valence-corrected chi connectivity index (χ2v) is 12.7. The minimum atomic E-state index is -3.84. The summed E-state index contributed by atoms with van der Waals surface area (Å²) in [5.74, 6) is -2.05. The molecule has 7 nitrogen and oxygen atoms in total. The van der Waals surface area contributed by atoms with Gasteiger partial charge in [0.2, 0.25) is 0 Å². The van der Waals surface area contributed by atoms with Gasteiger partial charge in [-0.05, 0) is 64.7 Å². The molecule has 3 saturated carbocycles. The van der Waals surface area contributed by atoms with Gasteiger partial charge in [0, 0.05) is 11.8 Å². The Morgan fingerprint density at radius 1 is 1.13 bits per heavy atom. The SMILES string of the molecule is CC(C)C1(OC(=O)C2C3CC4C(OS(=O)(=O)C42)C3COC(=O)C(C)(C)C)CCCC1. The number of esters is 2. The molecule has 170 valence electrons. The third-order valence-corrected chi connectivity index (χ3v) is 9.65. The fourth-order valence-electron chi connectivity index (χ4n) is 6.14. The van der Waals surface area contributed by atoms with E-state index in [-0.39, 0.29) is 36.2 Å². The van der Waals surface area contributed by atoms with Gasteiger partial charge in [-0.1, -0.05) is 13.8 Å².